The average Bonchev–Trinajstić information content (AvgIpc) is 2.80. The summed E-state index contributed by atoms with van der Waals surface area (Å²) in [6.07, 6.45) is 0.818. The summed E-state index contributed by atoms with van der Waals surface area (Å²) in [6.45, 7) is 6.58. The van der Waals surface area contributed by atoms with Crippen molar-refractivity contribution in [2.75, 3.05) is 0 Å². The summed E-state index contributed by atoms with van der Waals surface area (Å²) in [5.74, 6) is 1.61. The Balaban J connectivity index is 1.76. The van der Waals surface area contributed by atoms with Gasteiger partial charge in [-0.15, -0.1) is 11.3 Å². The Morgan fingerprint density at radius 3 is 3.00 bits per heavy atom. The second-order valence-corrected chi connectivity index (χ2v) is 6.99. The number of benzene rings is 1. The second kappa shape index (κ2) is 5.31. The van der Waals surface area contributed by atoms with Crippen LogP contribution in [0.4, 0.5) is 0 Å². The number of aromatic nitrogens is 1. The molecule has 2 N–H and O–H groups in total. The van der Waals surface area contributed by atoms with Crippen LogP contribution in [0.3, 0.4) is 0 Å². The van der Waals surface area contributed by atoms with Crippen molar-refractivity contribution in [1.29, 1.82) is 0 Å². The molecule has 1 atom stereocenters. The number of rotatable bonds is 3. The molecule has 0 bridgehead atoms. The molecule has 1 aliphatic rings. The minimum absolute atomic E-state index is 0.0133. The highest BCUT2D eigenvalue weighted by atomic mass is 32.1. The molecule has 0 spiro atoms. The van der Waals surface area contributed by atoms with Crippen LogP contribution in [-0.2, 0) is 6.61 Å². The van der Waals surface area contributed by atoms with Crippen LogP contribution >= 0.6 is 11.3 Å². The van der Waals surface area contributed by atoms with Gasteiger partial charge in [-0.3, -0.25) is 0 Å². The summed E-state index contributed by atoms with van der Waals surface area (Å²) in [5.41, 5.74) is 8.05. The highest BCUT2D eigenvalue weighted by molar-refractivity contribution is 7.09. The summed E-state index contributed by atoms with van der Waals surface area (Å²) in [6, 6.07) is 5.88. The van der Waals surface area contributed by atoms with Gasteiger partial charge < -0.3 is 15.2 Å². The van der Waals surface area contributed by atoms with E-state index in [-0.39, 0.29) is 11.6 Å². The van der Waals surface area contributed by atoms with E-state index in [9.17, 15) is 0 Å². The first kappa shape index (κ1) is 14.4. The molecule has 1 aliphatic heterocycles. The molecule has 1 aromatic carbocycles. The molecule has 0 saturated heterocycles. The third kappa shape index (κ3) is 3.19. The van der Waals surface area contributed by atoms with Gasteiger partial charge in [-0.25, -0.2) is 4.98 Å². The number of hydrogen-bond donors (Lipinski definition) is 1. The molecule has 2 heterocycles. The maximum Gasteiger partial charge on any atom is 0.140 e. The van der Waals surface area contributed by atoms with Crippen LogP contribution in [0, 0.1) is 6.92 Å². The summed E-state index contributed by atoms with van der Waals surface area (Å²) < 4.78 is 11.8. The Morgan fingerprint density at radius 2 is 2.29 bits per heavy atom. The lowest BCUT2D eigenvalue weighted by molar-refractivity contribution is 0.0724. The molecule has 0 radical (unpaired) electrons. The van der Waals surface area contributed by atoms with Crippen LogP contribution in [0.5, 0.6) is 11.5 Å². The zero-order valence-corrected chi connectivity index (χ0v) is 13.4. The summed E-state index contributed by atoms with van der Waals surface area (Å²) in [7, 11) is 0. The molecule has 112 valence electrons. The highest BCUT2D eigenvalue weighted by Gasteiger charge is 2.31. The molecule has 1 unspecified atom stereocenters. The standard InChI is InChI=1S/C16H20N2O2S/c1-10-9-21-15(18-10)8-19-11-4-5-12-13(17)7-16(2,3)20-14(12)6-11/h4-6,9,13H,7-8,17H2,1-3H3. The predicted octanol–water partition coefficient (Wildman–Crippen LogP) is 3.59. The quantitative estimate of drug-likeness (QED) is 0.941. The van der Waals surface area contributed by atoms with Crippen molar-refractivity contribution in [3.8, 4) is 11.5 Å². The van der Waals surface area contributed by atoms with Crippen molar-refractivity contribution < 1.29 is 9.47 Å². The van der Waals surface area contributed by atoms with Crippen LogP contribution in [-0.4, -0.2) is 10.6 Å². The van der Waals surface area contributed by atoms with Crippen LogP contribution in [0.25, 0.3) is 0 Å². The maximum atomic E-state index is 6.21. The van der Waals surface area contributed by atoms with E-state index in [4.69, 9.17) is 15.2 Å². The first-order valence-electron chi connectivity index (χ1n) is 7.05. The van der Waals surface area contributed by atoms with Crippen LogP contribution in [0.2, 0.25) is 0 Å². The number of ether oxygens (including phenoxy) is 2. The zero-order chi connectivity index (χ0) is 15.0. The van der Waals surface area contributed by atoms with Crippen molar-refractivity contribution in [3.05, 3.63) is 39.8 Å². The van der Waals surface area contributed by atoms with Gasteiger partial charge in [0.25, 0.3) is 0 Å². The molecule has 0 amide bonds. The molecule has 1 aromatic heterocycles. The smallest absolute Gasteiger partial charge is 0.140 e. The third-order valence-electron chi connectivity index (χ3n) is 3.51. The van der Waals surface area contributed by atoms with Crippen molar-refractivity contribution in [3.63, 3.8) is 0 Å². The van der Waals surface area contributed by atoms with E-state index < -0.39 is 0 Å². The summed E-state index contributed by atoms with van der Waals surface area (Å²) in [4.78, 5) is 4.39. The SMILES string of the molecule is Cc1csc(COc2ccc3c(c2)OC(C)(C)CC3N)n1. The Labute approximate surface area is 128 Å². The minimum atomic E-state index is -0.239. The average molecular weight is 304 g/mol. The number of nitrogens with zero attached hydrogens (tertiary/aromatic N) is 1. The van der Waals surface area contributed by atoms with E-state index >= 15 is 0 Å². The van der Waals surface area contributed by atoms with E-state index in [0.29, 0.717) is 6.61 Å². The van der Waals surface area contributed by atoms with E-state index in [0.717, 1.165) is 34.2 Å². The van der Waals surface area contributed by atoms with Crippen molar-refractivity contribution in [1.82, 2.24) is 4.98 Å². The molecule has 0 aliphatic carbocycles. The van der Waals surface area contributed by atoms with Gasteiger partial charge in [0.05, 0.1) is 0 Å². The molecule has 21 heavy (non-hydrogen) atoms. The van der Waals surface area contributed by atoms with Gasteiger partial charge in [0, 0.05) is 35.2 Å². The molecule has 3 rings (SSSR count). The largest absolute Gasteiger partial charge is 0.487 e. The number of thiazole rings is 1. The number of aryl methyl sites for hydroxylation is 1. The summed E-state index contributed by atoms with van der Waals surface area (Å²) >= 11 is 1.61. The highest BCUT2D eigenvalue weighted by Crippen LogP contribution is 2.40. The molecule has 0 saturated carbocycles. The van der Waals surface area contributed by atoms with Gasteiger partial charge in [-0.05, 0) is 26.8 Å². The third-order valence-corrected chi connectivity index (χ3v) is 4.45. The summed E-state index contributed by atoms with van der Waals surface area (Å²) in [5, 5.41) is 3.00. The Morgan fingerprint density at radius 1 is 1.48 bits per heavy atom. The van der Waals surface area contributed by atoms with E-state index in [2.05, 4.69) is 18.8 Å². The molecule has 2 aromatic rings. The first-order chi connectivity index (χ1) is 9.93. The monoisotopic (exact) mass is 304 g/mol. The van der Waals surface area contributed by atoms with Crippen molar-refractivity contribution >= 4 is 11.3 Å². The van der Waals surface area contributed by atoms with Gasteiger partial charge in [-0.1, -0.05) is 6.07 Å². The van der Waals surface area contributed by atoms with Crippen molar-refractivity contribution in [2.24, 2.45) is 5.73 Å². The minimum Gasteiger partial charge on any atom is -0.487 e. The molecule has 5 heteroatoms. The van der Waals surface area contributed by atoms with Gasteiger partial charge in [0.2, 0.25) is 0 Å². The first-order valence-corrected chi connectivity index (χ1v) is 7.93. The molecule has 4 nitrogen and oxygen atoms in total. The topological polar surface area (TPSA) is 57.4 Å². The molecule has 0 fully saturated rings. The van der Waals surface area contributed by atoms with Crippen molar-refractivity contribution in [2.45, 2.75) is 45.4 Å². The fourth-order valence-electron chi connectivity index (χ4n) is 2.59. The fourth-order valence-corrected chi connectivity index (χ4v) is 3.28. The molecular formula is C16H20N2O2S. The normalized spacial score (nSPS) is 19.7. The fraction of sp³-hybridized carbons (Fsp3) is 0.438. The number of hydrogen-bond acceptors (Lipinski definition) is 5. The van der Waals surface area contributed by atoms with Gasteiger partial charge in [0.15, 0.2) is 0 Å². The second-order valence-electron chi connectivity index (χ2n) is 6.04. The Bertz CT molecular complexity index is 651. The van der Waals surface area contributed by atoms with Gasteiger partial charge >= 0.3 is 0 Å². The van der Waals surface area contributed by atoms with Crippen LogP contribution < -0.4 is 15.2 Å². The molecular weight excluding hydrogens is 284 g/mol. The lowest BCUT2D eigenvalue weighted by Crippen LogP contribution is -2.37. The number of fused-ring (bicyclic) bond motifs is 1. The Kier molecular flexibility index (Phi) is 3.63. The lowest BCUT2D eigenvalue weighted by Gasteiger charge is -2.36. The van der Waals surface area contributed by atoms with E-state index in [1.54, 1.807) is 11.3 Å². The lowest BCUT2D eigenvalue weighted by atomic mass is 9.90. The van der Waals surface area contributed by atoms with Crippen LogP contribution in [0.15, 0.2) is 23.6 Å². The van der Waals surface area contributed by atoms with Crippen LogP contribution in [0.1, 0.15) is 42.6 Å². The van der Waals surface area contributed by atoms with Gasteiger partial charge in [0.1, 0.15) is 28.7 Å². The maximum absolute atomic E-state index is 6.21. The van der Waals surface area contributed by atoms with Gasteiger partial charge in [-0.2, -0.15) is 0 Å². The van der Waals surface area contributed by atoms with E-state index in [1.807, 2.05) is 30.5 Å². The number of nitrogens with two attached hydrogens (primary N) is 1. The zero-order valence-electron chi connectivity index (χ0n) is 12.6. The van der Waals surface area contributed by atoms with E-state index in [1.165, 1.54) is 0 Å². The Hall–Kier alpha value is -1.59. The predicted molar refractivity (Wildman–Crippen MR) is 83.9 cm³/mol.